The molecule has 4 heteroatoms. The molecule has 0 aliphatic heterocycles. The normalized spacial score (nSPS) is 10.7. The van der Waals surface area contributed by atoms with Gasteiger partial charge in [-0.3, -0.25) is 4.68 Å². The first-order valence-corrected chi connectivity index (χ1v) is 5.09. The molecular weight excluding hydrogens is 190 g/mol. The predicted octanol–water partition coefficient (Wildman–Crippen LogP) is 1.35. The Hall–Kier alpha value is -1.29. The van der Waals surface area contributed by atoms with E-state index in [1.165, 1.54) is 0 Å². The van der Waals surface area contributed by atoms with Gasteiger partial charge in [-0.05, 0) is 5.57 Å². The van der Waals surface area contributed by atoms with Gasteiger partial charge >= 0.3 is 0 Å². The molecule has 0 bridgehead atoms. The van der Waals surface area contributed by atoms with E-state index in [9.17, 15) is 0 Å². The highest BCUT2D eigenvalue weighted by Crippen LogP contribution is 2.07. The average Bonchev–Trinajstić information content (AvgIpc) is 2.58. The third kappa shape index (κ3) is 4.65. The molecule has 0 spiro atoms. The number of ether oxygens (including phenoxy) is 1. The second-order valence-electron chi connectivity index (χ2n) is 3.92. The average molecular weight is 209 g/mol. The molecule has 1 aromatic rings. The van der Waals surface area contributed by atoms with Crippen LogP contribution in [0.3, 0.4) is 0 Å². The Labute approximate surface area is 90.9 Å². The minimum Gasteiger partial charge on any atom is -0.486 e. The van der Waals surface area contributed by atoms with Gasteiger partial charge in [-0.15, -0.1) is 0 Å². The van der Waals surface area contributed by atoms with E-state index in [1.807, 2.05) is 13.2 Å². The fourth-order valence-corrected chi connectivity index (χ4v) is 1.06. The SMILES string of the molecule is C=C(CNC(C)C)COc1cnn(C)c1. The molecule has 1 aromatic heterocycles. The molecule has 0 saturated carbocycles. The lowest BCUT2D eigenvalue weighted by Gasteiger charge is -2.10. The zero-order valence-corrected chi connectivity index (χ0v) is 9.66. The summed E-state index contributed by atoms with van der Waals surface area (Å²) in [6, 6.07) is 0.472. The topological polar surface area (TPSA) is 39.1 Å². The Kier molecular flexibility index (Phi) is 4.37. The minimum atomic E-state index is 0.472. The maximum absolute atomic E-state index is 5.50. The van der Waals surface area contributed by atoms with E-state index in [2.05, 4.69) is 30.8 Å². The van der Waals surface area contributed by atoms with Crippen molar-refractivity contribution in [2.45, 2.75) is 19.9 Å². The van der Waals surface area contributed by atoms with Crippen molar-refractivity contribution in [1.82, 2.24) is 15.1 Å². The number of hydrogen-bond acceptors (Lipinski definition) is 3. The first-order valence-electron chi connectivity index (χ1n) is 5.09. The van der Waals surface area contributed by atoms with E-state index in [1.54, 1.807) is 10.9 Å². The van der Waals surface area contributed by atoms with E-state index in [-0.39, 0.29) is 0 Å². The number of nitrogens with zero attached hydrogens (tertiary/aromatic N) is 2. The molecule has 0 unspecified atom stereocenters. The molecule has 0 atom stereocenters. The molecule has 0 fully saturated rings. The molecule has 1 rings (SSSR count). The summed E-state index contributed by atoms with van der Waals surface area (Å²) < 4.78 is 7.21. The lowest BCUT2D eigenvalue weighted by atomic mass is 10.3. The monoisotopic (exact) mass is 209 g/mol. The lowest BCUT2D eigenvalue weighted by Crippen LogP contribution is -2.26. The largest absolute Gasteiger partial charge is 0.486 e. The molecule has 1 heterocycles. The van der Waals surface area contributed by atoms with E-state index >= 15 is 0 Å². The zero-order valence-electron chi connectivity index (χ0n) is 9.66. The van der Waals surface area contributed by atoms with Crippen LogP contribution in [0.4, 0.5) is 0 Å². The molecule has 15 heavy (non-hydrogen) atoms. The van der Waals surface area contributed by atoms with Crippen molar-refractivity contribution in [1.29, 1.82) is 0 Å². The van der Waals surface area contributed by atoms with Crippen molar-refractivity contribution >= 4 is 0 Å². The van der Waals surface area contributed by atoms with Crippen LogP contribution in [0.5, 0.6) is 5.75 Å². The van der Waals surface area contributed by atoms with Gasteiger partial charge in [0.15, 0.2) is 5.75 Å². The highest BCUT2D eigenvalue weighted by atomic mass is 16.5. The Morgan fingerprint density at radius 1 is 1.67 bits per heavy atom. The summed E-state index contributed by atoms with van der Waals surface area (Å²) in [6.07, 6.45) is 3.53. The quantitative estimate of drug-likeness (QED) is 0.719. The van der Waals surface area contributed by atoms with E-state index in [0.29, 0.717) is 12.6 Å². The van der Waals surface area contributed by atoms with Gasteiger partial charge in [-0.1, -0.05) is 20.4 Å². The summed E-state index contributed by atoms with van der Waals surface area (Å²) in [5, 5.41) is 7.30. The van der Waals surface area contributed by atoms with Crippen LogP contribution < -0.4 is 10.1 Å². The summed E-state index contributed by atoms with van der Waals surface area (Å²) >= 11 is 0. The lowest BCUT2D eigenvalue weighted by molar-refractivity contribution is 0.347. The van der Waals surface area contributed by atoms with Crippen LogP contribution in [0, 0.1) is 0 Å². The Morgan fingerprint density at radius 3 is 2.93 bits per heavy atom. The molecule has 0 aromatic carbocycles. The number of rotatable bonds is 6. The summed E-state index contributed by atoms with van der Waals surface area (Å²) in [5.41, 5.74) is 1.03. The van der Waals surface area contributed by atoms with Crippen LogP contribution in [0.25, 0.3) is 0 Å². The van der Waals surface area contributed by atoms with Gasteiger partial charge in [0.25, 0.3) is 0 Å². The number of hydrogen-bond donors (Lipinski definition) is 1. The van der Waals surface area contributed by atoms with Gasteiger partial charge in [0, 0.05) is 19.6 Å². The van der Waals surface area contributed by atoms with Gasteiger partial charge in [0.2, 0.25) is 0 Å². The fourth-order valence-electron chi connectivity index (χ4n) is 1.06. The van der Waals surface area contributed by atoms with Crippen LogP contribution >= 0.6 is 0 Å². The molecule has 0 aliphatic carbocycles. The summed E-state index contributed by atoms with van der Waals surface area (Å²) in [5.74, 6) is 0.781. The second-order valence-corrected chi connectivity index (χ2v) is 3.92. The van der Waals surface area contributed by atoms with Crippen LogP contribution in [0.2, 0.25) is 0 Å². The van der Waals surface area contributed by atoms with Gasteiger partial charge in [0.05, 0.1) is 12.4 Å². The Morgan fingerprint density at radius 2 is 2.40 bits per heavy atom. The minimum absolute atomic E-state index is 0.472. The summed E-state index contributed by atoms with van der Waals surface area (Å²) in [7, 11) is 1.86. The standard InChI is InChI=1S/C11H19N3O/c1-9(2)12-5-10(3)8-15-11-6-13-14(4)7-11/h6-7,9,12H,3,5,8H2,1-2,4H3. The van der Waals surface area contributed by atoms with Gasteiger partial charge in [-0.2, -0.15) is 5.10 Å². The first-order chi connectivity index (χ1) is 7.08. The van der Waals surface area contributed by atoms with Crippen molar-refractivity contribution < 1.29 is 4.74 Å². The fraction of sp³-hybridized carbons (Fsp3) is 0.545. The van der Waals surface area contributed by atoms with Crippen LogP contribution in [0.15, 0.2) is 24.5 Å². The van der Waals surface area contributed by atoms with E-state index in [4.69, 9.17) is 4.74 Å². The van der Waals surface area contributed by atoms with Crippen molar-refractivity contribution in [3.05, 3.63) is 24.5 Å². The highest BCUT2D eigenvalue weighted by Gasteiger charge is 2.00. The molecule has 84 valence electrons. The van der Waals surface area contributed by atoms with E-state index < -0.39 is 0 Å². The third-order valence-electron chi connectivity index (χ3n) is 1.88. The molecule has 0 aliphatic rings. The molecular formula is C11H19N3O. The molecule has 0 amide bonds. The maximum atomic E-state index is 5.50. The third-order valence-corrected chi connectivity index (χ3v) is 1.88. The number of nitrogens with one attached hydrogen (secondary N) is 1. The summed E-state index contributed by atoms with van der Waals surface area (Å²) in [4.78, 5) is 0. The van der Waals surface area contributed by atoms with Gasteiger partial charge in [0.1, 0.15) is 6.61 Å². The van der Waals surface area contributed by atoms with Crippen molar-refractivity contribution in [2.75, 3.05) is 13.2 Å². The maximum Gasteiger partial charge on any atom is 0.157 e. The van der Waals surface area contributed by atoms with Crippen LogP contribution in [0.1, 0.15) is 13.8 Å². The van der Waals surface area contributed by atoms with Crippen molar-refractivity contribution in [3.8, 4) is 5.75 Å². The van der Waals surface area contributed by atoms with Gasteiger partial charge < -0.3 is 10.1 Å². The second kappa shape index (κ2) is 5.56. The predicted molar refractivity (Wildman–Crippen MR) is 61.0 cm³/mol. The Bertz CT molecular complexity index is 317. The molecule has 0 saturated heterocycles. The first kappa shape index (κ1) is 11.8. The van der Waals surface area contributed by atoms with Crippen molar-refractivity contribution in [2.24, 2.45) is 7.05 Å². The summed E-state index contributed by atoms with van der Waals surface area (Å²) in [6.45, 7) is 9.47. The van der Waals surface area contributed by atoms with E-state index in [0.717, 1.165) is 17.9 Å². The number of aromatic nitrogens is 2. The Balaban J connectivity index is 2.22. The zero-order chi connectivity index (χ0) is 11.3. The molecule has 1 N–H and O–H groups in total. The van der Waals surface area contributed by atoms with Gasteiger partial charge in [-0.25, -0.2) is 0 Å². The number of aryl methyl sites for hydroxylation is 1. The smallest absolute Gasteiger partial charge is 0.157 e. The molecule has 4 nitrogen and oxygen atoms in total. The molecule has 0 radical (unpaired) electrons. The van der Waals surface area contributed by atoms with Crippen LogP contribution in [-0.2, 0) is 7.05 Å². The highest BCUT2D eigenvalue weighted by molar-refractivity contribution is 5.13. The van der Waals surface area contributed by atoms with Crippen LogP contribution in [-0.4, -0.2) is 29.0 Å². The van der Waals surface area contributed by atoms with Crippen molar-refractivity contribution in [3.63, 3.8) is 0 Å².